The van der Waals surface area contributed by atoms with Crippen LogP contribution in [0, 0.1) is 6.92 Å². The molecule has 0 saturated carbocycles. The Morgan fingerprint density at radius 1 is 1.05 bits per heavy atom. The summed E-state index contributed by atoms with van der Waals surface area (Å²) in [6, 6.07) is 13.9. The lowest BCUT2D eigenvalue weighted by Crippen LogP contribution is -2.13. The Morgan fingerprint density at radius 2 is 1.77 bits per heavy atom. The number of benzene rings is 3. The van der Waals surface area contributed by atoms with E-state index in [-0.39, 0.29) is 10.6 Å². The van der Waals surface area contributed by atoms with Gasteiger partial charge in [-0.05, 0) is 66.1 Å². The highest BCUT2D eigenvalue weighted by Crippen LogP contribution is 2.38. The van der Waals surface area contributed by atoms with Crippen LogP contribution in [0.1, 0.15) is 11.1 Å². The van der Waals surface area contributed by atoms with Crippen molar-refractivity contribution in [2.75, 3.05) is 6.61 Å². The Morgan fingerprint density at radius 3 is 2.38 bits per heavy atom. The van der Waals surface area contributed by atoms with E-state index in [9.17, 15) is 26.4 Å². The van der Waals surface area contributed by atoms with Crippen LogP contribution in [0.4, 0.5) is 13.2 Å². The van der Waals surface area contributed by atoms with Crippen LogP contribution in [-0.4, -0.2) is 35.1 Å². The number of carboxylic acid groups (broad SMARTS) is 1. The molecule has 0 unspecified atom stereocenters. The lowest BCUT2D eigenvalue weighted by molar-refractivity contribution is -0.139. The molecule has 0 fully saturated rings. The van der Waals surface area contributed by atoms with Crippen molar-refractivity contribution in [3.05, 3.63) is 89.6 Å². The summed E-state index contributed by atoms with van der Waals surface area (Å²) in [6.45, 7) is 1.05. The second-order valence-electron chi connectivity index (χ2n) is 8.60. The summed E-state index contributed by atoms with van der Waals surface area (Å²) in [5.41, 5.74) is 1.74. The van der Waals surface area contributed by atoms with Crippen molar-refractivity contribution >= 4 is 38.2 Å². The molecule has 5 aromatic rings. The monoisotopic (exact) mass is 572 g/mol. The molecule has 0 atom stereocenters. The maximum absolute atomic E-state index is 13.8. The zero-order valence-electron chi connectivity index (χ0n) is 20.1. The summed E-state index contributed by atoms with van der Waals surface area (Å²) in [6.07, 6.45) is -1.39. The van der Waals surface area contributed by atoms with Gasteiger partial charge in [0, 0.05) is 28.7 Å². The van der Waals surface area contributed by atoms with Gasteiger partial charge in [0.15, 0.2) is 6.61 Å². The van der Waals surface area contributed by atoms with Crippen molar-refractivity contribution in [3.63, 3.8) is 0 Å². The molecule has 0 aliphatic heterocycles. The second-order valence-corrected chi connectivity index (χ2v) is 11.3. The SMILES string of the molecule is Cc1cc(S(=O)(=O)n2cc(-c3nccs3)c3cc(-c4ccc(C(F)(F)F)cc4)ccc32)ccc1OCC(=O)O. The van der Waals surface area contributed by atoms with Crippen LogP contribution >= 0.6 is 11.3 Å². The first-order chi connectivity index (χ1) is 18.4. The van der Waals surface area contributed by atoms with Crippen molar-refractivity contribution in [2.24, 2.45) is 0 Å². The number of hydrogen-bond acceptors (Lipinski definition) is 6. The van der Waals surface area contributed by atoms with Gasteiger partial charge in [-0.25, -0.2) is 22.2 Å². The number of aryl methyl sites for hydroxylation is 1. The van der Waals surface area contributed by atoms with E-state index in [4.69, 9.17) is 9.84 Å². The third-order valence-electron chi connectivity index (χ3n) is 6.03. The number of thiazole rings is 1. The minimum atomic E-state index is -4.45. The summed E-state index contributed by atoms with van der Waals surface area (Å²) in [7, 11) is -4.11. The van der Waals surface area contributed by atoms with Crippen molar-refractivity contribution in [1.29, 1.82) is 0 Å². The maximum Gasteiger partial charge on any atom is 0.416 e. The minimum absolute atomic E-state index is 0.0305. The Hall–Kier alpha value is -4.16. The van der Waals surface area contributed by atoms with Gasteiger partial charge in [0.1, 0.15) is 10.8 Å². The lowest BCUT2D eigenvalue weighted by atomic mass is 10.0. The smallest absolute Gasteiger partial charge is 0.416 e. The van der Waals surface area contributed by atoms with Gasteiger partial charge in [0.2, 0.25) is 0 Å². The van der Waals surface area contributed by atoms with Gasteiger partial charge in [-0.1, -0.05) is 18.2 Å². The number of carbonyl (C=O) groups is 1. The van der Waals surface area contributed by atoms with Gasteiger partial charge < -0.3 is 9.84 Å². The highest BCUT2D eigenvalue weighted by molar-refractivity contribution is 7.90. The Labute approximate surface area is 224 Å². The molecule has 12 heteroatoms. The molecule has 0 saturated heterocycles. The first kappa shape index (κ1) is 26.4. The predicted molar refractivity (Wildman–Crippen MR) is 140 cm³/mol. The van der Waals surface area contributed by atoms with Gasteiger partial charge in [-0.2, -0.15) is 13.2 Å². The normalized spacial score (nSPS) is 12.1. The summed E-state index contributed by atoms with van der Waals surface area (Å²) >= 11 is 1.32. The van der Waals surface area contributed by atoms with Gasteiger partial charge in [-0.3, -0.25) is 0 Å². The molecule has 1 N–H and O–H groups in total. The van der Waals surface area contributed by atoms with E-state index in [1.165, 1.54) is 47.9 Å². The second kappa shape index (κ2) is 9.86. The summed E-state index contributed by atoms with van der Waals surface area (Å²) < 4.78 is 72.9. The van der Waals surface area contributed by atoms with E-state index < -0.39 is 34.3 Å². The number of aliphatic carboxylic acids is 1. The van der Waals surface area contributed by atoms with E-state index in [1.807, 2.05) is 0 Å². The number of carboxylic acids is 1. The average molecular weight is 573 g/mol. The van der Waals surface area contributed by atoms with Crippen LogP contribution in [0.15, 0.2) is 83.3 Å². The number of nitrogens with zero attached hydrogens (tertiary/aromatic N) is 2. The van der Waals surface area contributed by atoms with Crippen molar-refractivity contribution in [1.82, 2.24) is 8.96 Å². The highest BCUT2D eigenvalue weighted by atomic mass is 32.2. The lowest BCUT2D eigenvalue weighted by Gasteiger charge is -2.12. The van der Waals surface area contributed by atoms with E-state index in [0.717, 1.165) is 16.1 Å². The molecular weight excluding hydrogens is 553 g/mol. The fourth-order valence-electron chi connectivity index (χ4n) is 4.15. The van der Waals surface area contributed by atoms with Crippen LogP contribution < -0.4 is 4.74 Å². The Bertz CT molecular complexity index is 1790. The molecule has 3 aromatic carbocycles. The first-order valence-electron chi connectivity index (χ1n) is 11.4. The van der Waals surface area contributed by atoms with Crippen LogP contribution in [0.3, 0.4) is 0 Å². The molecule has 0 radical (unpaired) electrons. The van der Waals surface area contributed by atoms with E-state index in [1.54, 1.807) is 36.7 Å². The summed E-state index contributed by atoms with van der Waals surface area (Å²) in [4.78, 5) is 15.1. The molecule has 200 valence electrons. The average Bonchev–Trinajstić information content (AvgIpc) is 3.55. The maximum atomic E-state index is 13.8. The molecule has 2 aromatic heterocycles. The standard InChI is InChI=1S/C27H19F3N2O5S2/c1-16-12-20(7-9-24(16)37-15-25(33)34)39(35,36)32-14-22(26-31-10-11-38-26)21-13-18(4-8-23(21)32)17-2-5-19(6-3-17)27(28,29)30/h2-14H,15H2,1H3,(H,33,34). The third kappa shape index (κ3) is 5.12. The van der Waals surface area contributed by atoms with Gasteiger partial charge in [-0.15, -0.1) is 11.3 Å². The number of rotatable bonds is 7. The quantitative estimate of drug-likeness (QED) is 0.240. The zero-order chi connectivity index (χ0) is 27.9. The van der Waals surface area contributed by atoms with Crippen LogP contribution in [0.2, 0.25) is 0 Å². The largest absolute Gasteiger partial charge is 0.482 e. The van der Waals surface area contributed by atoms with E-state index >= 15 is 0 Å². The molecule has 0 aliphatic carbocycles. The van der Waals surface area contributed by atoms with Crippen LogP contribution in [0.5, 0.6) is 5.75 Å². The predicted octanol–water partition coefficient (Wildman–Crippen LogP) is 6.46. The van der Waals surface area contributed by atoms with Gasteiger partial charge in [0.05, 0.1) is 16.0 Å². The number of halogens is 3. The van der Waals surface area contributed by atoms with Gasteiger partial charge >= 0.3 is 12.1 Å². The molecule has 39 heavy (non-hydrogen) atoms. The molecule has 2 heterocycles. The fraction of sp³-hybridized carbons (Fsp3) is 0.111. The van der Waals surface area contributed by atoms with Crippen LogP contribution in [-0.2, 0) is 21.0 Å². The zero-order valence-corrected chi connectivity index (χ0v) is 21.8. The summed E-state index contributed by atoms with van der Waals surface area (Å²) in [5, 5.41) is 11.7. The highest BCUT2D eigenvalue weighted by Gasteiger charge is 2.30. The molecule has 0 amide bonds. The molecule has 0 spiro atoms. The van der Waals surface area contributed by atoms with Crippen LogP contribution in [0.25, 0.3) is 32.6 Å². The molecule has 7 nitrogen and oxygen atoms in total. The Balaban J connectivity index is 1.61. The topological polar surface area (TPSA) is 98.5 Å². The summed E-state index contributed by atoms with van der Waals surface area (Å²) in [5.74, 6) is -0.909. The minimum Gasteiger partial charge on any atom is -0.482 e. The first-order valence-corrected chi connectivity index (χ1v) is 13.7. The number of alkyl halides is 3. The number of aromatic nitrogens is 2. The van der Waals surface area contributed by atoms with Crippen molar-refractivity contribution in [3.8, 4) is 27.4 Å². The number of fused-ring (bicyclic) bond motifs is 1. The fourth-order valence-corrected chi connectivity index (χ4v) is 6.27. The van der Waals surface area contributed by atoms with Crippen molar-refractivity contribution in [2.45, 2.75) is 18.0 Å². The molecule has 0 bridgehead atoms. The van der Waals surface area contributed by atoms with Crippen molar-refractivity contribution < 1.29 is 36.2 Å². The third-order valence-corrected chi connectivity index (χ3v) is 8.51. The van der Waals surface area contributed by atoms with E-state index in [2.05, 4.69) is 4.98 Å². The molecule has 5 rings (SSSR count). The number of hydrogen-bond donors (Lipinski definition) is 1. The molecule has 0 aliphatic rings. The van der Waals surface area contributed by atoms with Gasteiger partial charge in [0.25, 0.3) is 10.0 Å². The number of ether oxygens (including phenoxy) is 1. The molecular formula is C27H19F3N2O5S2. The Kier molecular flexibility index (Phi) is 6.69. The van der Waals surface area contributed by atoms with E-state index in [0.29, 0.717) is 38.2 Å².